The Morgan fingerprint density at radius 1 is 0.897 bits per heavy atom. The van der Waals surface area contributed by atoms with Gasteiger partial charge in [-0.05, 0) is 49.3 Å². The zero-order valence-electron chi connectivity index (χ0n) is 17.0. The largest absolute Gasteiger partial charge is 0.353 e. The van der Waals surface area contributed by atoms with Crippen molar-refractivity contribution in [2.75, 3.05) is 5.32 Å². The van der Waals surface area contributed by atoms with Crippen LogP contribution in [0.25, 0.3) is 0 Å². The van der Waals surface area contributed by atoms with Gasteiger partial charge in [0.15, 0.2) is 0 Å². The van der Waals surface area contributed by atoms with Crippen LogP contribution in [-0.2, 0) is 16.0 Å². The number of carbonyl (C=O) groups is 2. The maximum absolute atomic E-state index is 13.4. The molecule has 2 saturated carbocycles. The lowest BCUT2D eigenvalue weighted by Crippen LogP contribution is -2.42. The van der Waals surface area contributed by atoms with Gasteiger partial charge in [-0.25, -0.2) is 0 Å². The Morgan fingerprint density at radius 3 is 2.31 bits per heavy atom. The molecule has 2 fully saturated rings. The second-order valence-electron chi connectivity index (χ2n) is 8.63. The first-order chi connectivity index (χ1) is 14.1. The highest BCUT2D eigenvalue weighted by Gasteiger charge is 2.42. The van der Waals surface area contributed by atoms with Crippen LogP contribution in [0.15, 0.2) is 54.6 Å². The van der Waals surface area contributed by atoms with Crippen LogP contribution in [0.1, 0.15) is 62.5 Å². The van der Waals surface area contributed by atoms with E-state index in [2.05, 4.69) is 28.8 Å². The fourth-order valence-electron chi connectivity index (χ4n) is 4.39. The van der Waals surface area contributed by atoms with Gasteiger partial charge in [-0.2, -0.15) is 0 Å². The first-order valence-electron chi connectivity index (χ1n) is 10.9. The maximum atomic E-state index is 13.4. The standard InChI is InChI=1S/C25H30N2O2/c28-23(26-21-13-14-21)18-25(15-7-2-8-16-25)24(29)27-22-12-6-5-11-20(22)17-19-9-3-1-4-10-19/h1,3-6,9-12,21H,2,7-8,13-18H2,(H,26,28)(H,27,29). The fraction of sp³-hybridized carbons (Fsp3) is 0.440. The van der Waals surface area contributed by atoms with Gasteiger partial charge in [-0.3, -0.25) is 9.59 Å². The SMILES string of the molecule is O=C(CC1(C(=O)Nc2ccccc2Cc2ccccc2)CCCCC1)NC1CC1. The molecule has 0 aliphatic heterocycles. The summed E-state index contributed by atoms with van der Waals surface area (Å²) in [4.78, 5) is 26.0. The second-order valence-corrected chi connectivity index (χ2v) is 8.63. The molecule has 0 bridgehead atoms. The van der Waals surface area contributed by atoms with E-state index in [1.54, 1.807) is 0 Å². The van der Waals surface area contributed by atoms with E-state index in [0.29, 0.717) is 12.5 Å². The first kappa shape index (κ1) is 19.7. The molecule has 0 atom stereocenters. The number of nitrogens with one attached hydrogen (secondary N) is 2. The van der Waals surface area contributed by atoms with E-state index >= 15 is 0 Å². The number of benzene rings is 2. The van der Waals surface area contributed by atoms with E-state index in [0.717, 1.165) is 62.6 Å². The fourth-order valence-corrected chi connectivity index (χ4v) is 4.39. The van der Waals surface area contributed by atoms with Gasteiger partial charge in [0.25, 0.3) is 0 Å². The summed E-state index contributed by atoms with van der Waals surface area (Å²) < 4.78 is 0. The molecule has 0 spiro atoms. The number of amides is 2. The number of hydrogen-bond acceptors (Lipinski definition) is 2. The van der Waals surface area contributed by atoms with Crippen LogP contribution in [0.4, 0.5) is 5.69 Å². The zero-order valence-corrected chi connectivity index (χ0v) is 17.0. The van der Waals surface area contributed by atoms with Crippen LogP contribution in [0.2, 0.25) is 0 Å². The summed E-state index contributed by atoms with van der Waals surface area (Å²) in [5, 5.41) is 6.27. The summed E-state index contributed by atoms with van der Waals surface area (Å²) in [6.45, 7) is 0. The number of anilines is 1. The van der Waals surface area contributed by atoms with Crippen molar-refractivity contribution in [2.24, 2.45) is 5.41 Å². The molecular weight excluding hydrogens is 360 g/mol. The highest BCUT2D eigenvalue weighted by atomic mass is 16.2. The Bertz CT molecular complexity index is 852. The third-order valence-corrected chi connectivity index (χ3v) is 6.24. The summed E-state index contributed by atoms with van der Waals surface area (Å²) in [6.07, 6.45) is 7.95. The second kappa shape index (κ2) is 8.81. The monoisotopic (exact) mass is 390 g/mol. The Hall–Kier alpha value is -2.62. The molecular formula is C25H30N2O2. The summed E-state index contributed by atoms with van der Waals surface area (Å²) >= 11 is 0. The predicted molar refractivity (Wildman–Crippen MR) is 116 cm³/mol. The zero-order chi connectivity index (χ0) is 20.1. The van der Waals surface area contributed by atoms with Gasteiger partial charge in [0.05, 0.1) is 5.41 Å². The quantitative estimate of drug-likeness (QED) is 0.711. The number of rotatable bonds is 7. The summed E-state index contributed by atoms with van der Waals surface area (Å²) in [6, 6.07) is 18.6. The molecule has 0 radical (unpaired) electrons. The Labute approximate surface area is 173 Å². The van der Waals surface area contributed by atoms with E-state index < -0.39 is 5.41 Å². The van der Waals surface area contributed by atoms with Crippen molar-refractivity contribution >= 4 is 17.5 Å². The van der Waals surface area contributed by atoms with E-state index in [4.69, 9.17) is 0 Å². The molecule has 0 unspecified atom stereocenters. The number of para-hydroxylation sites is 1. The van der Waals surface area contributed by atoms with Crippen molar-refractivity contribution in [1.29, 1.82) is 0 Å². The molecule has 0 aromatic heterocycles. The molecule has 2 aromatic carbocycles. The molecule has 152 valence electrons. The molecule has 4 rings (SSSR count). The normalized spacial score (nSPS) is 18.1. The molecule has 2 N–H and O–H groups in total. The van der Waals surface area contributed by atoms with Crippen molar-refractivity contribution in [2.45, 2.75) is 63.8 Å². The molecule has 29 heavy (non-hydrogen) atoms. The molecule has 4 nitrogen and oxygen atoms in total. The minimum Gasteiger partial charge on any atom is -0.353 e. The third kappa shape index (κ3) is 5.06. The van der Waals surface area contributed by atoms with Gasteiger partial charge < -0.3 is 10.6 Å². The lowest BCUT2D eigenvalue weighted by atomic mass is 9.70. The van der Waals surface area contributed by atoms with E-state index in [1.807, 2.05) is 36.4 Å². The third-order valence-electron chi connectivity index (χ3n) is 6.24. The molecule has 0 heterocycles. The lowest BCUT2D eigenvalue weighted by molar-refractivity contribution is -0.134. The van der Waals surface area contributed by atoms with Crippen molar-refractivity contribution in [1.82, 2.24) is 5.32 Å². The van der Waals surface area contributed by atoms with Crippen LogP contribution < -0.4 is 10.6 Å². The van der Waals surface area contributed by atoms with Crippen LogP contribution in [-0.4, -0.2) is 17.9 Å². The van der Waals surface area contributed by atoms with E-state index in [1.165, 1.54) is 5.56 Å². The van der Waals surface area contributed by atoms with Crippen molar-refractivity contribution < 1.29 is 9.59 Å². The average molecular weight is 391 g/mol. The van der Waals surface area contributed by atoms with Crippen molar-refractivity contribution in [3.05, 3.63) is 65.7 Å². The Kier molecular flexibility index (Phi) is 5.98. The van der Waals surface area contributed by atoms with Crippen molar-refractivity contribution in [3.63, 3.8) is 0 Å². The van der Waals surface area contributed by atoms with Gasteiger partial charge in [0.2, 0.25) is 11.8 Å². The van der Waals surface area contributed by atoms with Gasteiger partial charge in [0.1, 0.15) is 0 Å². The number of carbonyl (C=O) groups excluding carboxylic acids is 2. The average Bonchev–Trinajstić information content (AvgIpc) is 3.54. The molecule has 0 saturated heterocycles. The van der Waals surface area contributed by atoms with E-state index in [9.17, 15) is 9.59 Å². The molecule has 2 aliphatic rings. The van der Waals surface area contributed by atoms with Gasteiger partial charge in [-0.15, -0.1) is 0 Å². The maximum Gasteiger partial charge on any atom is 0.231 e. The Balaban J connectivity index is 1.50. The topological polar surface area (TPSA) is 58.2 Å². The highest BCUT2D eigenvalue weighted by Crippen LogP contribution is 2.41. The van der Waals surface area contributed by atoms with Gasteiger partial charge >= 0.3 is 0 Å². The first-order valence-corrected chi connectivity index (χ1v) is 10.9. The van der Waals surface area contributed by atoms with Crippen molar-refractivity contribution in [3.8, 4) is 0 Å². The highest BCUT2D eigenvalue weighted by molar-refractivity contribution is 5.98. The molecule has 2 aromatic rings. The number of hydrogen-bond donors (Lipinski definition) is 2. The summed E-state index contributed by atoms with van der Waals surface area (Å²) in [5.74, 6) is 0.0331. The summed E-state index contributed by atoms with van der Waals surface area (Å²) in [7, 11) is 0. The summed E-state index contributed by atoms with van der Waals surface area (Å²) in [5.41, 5.74) is 2.58. The molecule has 2 amide bonds. The van der Waals surface area contributed by atoms with Crippen LogP contribution in [0.5, 0.6) is 0 Å². The predicted octanol–water partition coefficient (Wildman–Crippen LogP) is 4.84. The van der Waals surface area contributed by atoms with Crippen LogP contribution in [0, 0.1) is 5.41 Å². The lowest BCUT2D eigenvalue weighted by Gasteiger charge is -2.35. The Morgan fingerprint density at radius 2 is 1.59 bits per heavy atom. The molecule has 4 heteroatoms. The smallest absolute Gasteiger partial charge is 0.231 e. The van der Waals surface area contributed by atoms with Crippen LogP contribution >= 0.6 is 0 Å². The van der Waals surface area contributed by atoms with E-state index in [-0.39, 0.29) is 11.8 Å². The van der Waals surface area contributed by atoms with Crippen LogP contribution in [0.3, 0.4) is 0 Å². The minimum atomic E-state index is -0.586. The minimum absolute atomic E-state index is 0.00339. The van der Waals surface area contributed by atoms with Gasteiger partial charge in [-0.1, -0.05) is 67.8 Å². The molecule has 2 aliphatic carbocycles. The van der Waals surface area contributed by atoms with Gasteiger partial charge in [0, 0.05) is 18.2 Å².